The van der Waals surface area contributed by atoms with Crippen molar-refractivity contribution in [1.29, 1.82) is 0 Å². The second-order valence-electron chi connectivity index (χ2n) is 4.23. The van der Waals surface area contributed by atoms with Crippen LogP contribution in [-0.2, 0) is 19.1 Å². The SMILES string of the molecule is CCCOCCCN1CC(C(=O)OC)CC1=O. The van der Waals surface area contributed by atoms with Gasteiger partial charge in [-0.3, -0.25) is 9.59 Å². The lowest BCUT2D eigenvalue weighted by molar-refractivity contribution is -0.145. The van der Waals surface area contributed by atoms with Gasteiger partial charge in [0.2, 0.25) is 5.91 Å². The largest absolute Gasteiger partial charge is 0.469 e. The van der Waals surface area contributed by atoms with Gasteiger partial charge in [0.25, 0.3) is 0 Å². The Hall–Kier alpha value is -1.10. The van der Waals surface area contributed by atoms with Crippen molar-refractivity contribution in [2.24, 2.45) is 5.92 Å². The number of likely N-dealkylation sites (tertiary alicyclic amines) is 1. The molecule has 1 aliphatic rings. The molecule has 0 N–H and O–H groups in total. The molecule has 1 saturated heterocycles. The topological polar surface area (TPSA) is 55.8 Å². The molecule has 1 aliphatic heterocycles. The first-order valence-corrected chi connectivity index (χ1v) is 6.12. The summed E-state index contributed by atoms with van der Waals surface area (Å²) >= 11 is 0. The third-order valence-corrected chi connectivity index (χ3v) is 2.81. The normalized spacial score (nSPS) is 19.8. The lowest BCUT2D eigenvalue weighted by Gasteiger charge is -2.15. The summed E-state index contributed by atoms with van der Waals surface area (Å²) < 4.78 is 9.99. The van der Waals surface area contributed by atoms with Crippen molar-refractivity contribution in [3.05, 3.63) is 0 Å². The maximum absolute atomic E-state index is 11.6. The highest BCUT2D eigenvalue weighted by Crippen LogP contribution is 2.18. The lowest BCUT2D eigenvalue weighted by atomic mass is 10.1. The number of nitrogens with zero attached hydrogens (tertiary/aromatic N) is 1. The summed E-state index contributed by atoms with van der Waals surface area (Å²) in [7, 11) is 1.36. The average molecular weight is 243 g/mol. The second kappa shape index (κ2) is 7.27. The van der Waals surface area contributed by atoms with Crippen molar-refractivity contribution < 1.29 is 19.1 Å². The van der Waals surface area contributed by atoms with Gasteiger partial charge in [0.1, 0.15) is 0 Å². The molecule has 1 atom stereocenters. The molecule has 0 bridgehead atoms. The molecule has 1 heterocycles. The van der Waals surface area contributed by atoms with Gasteiger partial charge in [-0.25, -0.2) is 0 Å². The zero-order valence-corrected chi connectivity index (χ0v) is 10.6. The summed E-state index contributed by atoms with van der Waals surface area (Å²) in [6.07, 6.45) is 2.11. The third kappa shape index (κ3) is 4.34. The van der Waals surface area contributed by atoms with Gasteiger partial charge in [0.05, 0.1) is 13.0 Å². The van der Waals surface area contributed by atoms with Gasteiger partial charge in [-0.15, -0.1) is 0 Å². The van der Waals surface area contributed by atoms with Gasteiger partial charge in [-0.1, -0.05) is 6.92 Å². The number of hydrogen-bond donors (Lipinski definition) is 0. The van der Waals surface area contributed by atoms with Gasteiger partial charge in [-0.05, 0) is 12.8 Å². The van der Waals surface area contributed by atoms with Crippen molar-refractivity contribution in [3.63, 3.8) is 0 Å². The van der Waals surface area contributed by atoms with Gasteiger partial charge in [-0.2, -0.15) is 0 Å². The first-order chi connectivity index (χ1) is 8.19. The fourth-order valence-corrected chi connectivity index (χ4v) is 1.92. The number of methoxy groups -OCH3 is 1. The minimum Gasteiger partial charge on any atom is -0.469 e. The van der Waals surface area contributed by atoms with E-state index in [1.54, 1.807) is 4.90 Å². The smallest absolute Gasteiger partial charge is 0.310 e. The second-order valence-corrected chi connectivity index (χ2v) is 4.23. The maximum atomic E-state index is 11.6. The summed E-state index contributed by atoms with van der Waals surface area (Å²) in [6.45, 7) is 4.64. The van der Waals surface area contributed by atoms with Crippen molar-refractivity contribution in [2.75, 3.05) is 33.4 Å². The zero-order valence-electron chi connectivity index (χ0n) is 10.6. The molecule has 0 saturated carbocycles. The van der Waals surface area contributed by atoms with Crippen LogP contribution in [0, 0.1) is 5.92 Å². The van der Waals surface area contributed by atoms with Crippen LogP contribution in [0.3, 0.4) is 0 Å². The summed E-state index contributed by atoms with van der Waals surface area (Å²) in [4.78, 5) is 24.6. The summed E-state index contributed by atoms with van der Waals surface area (Å²) in [6, 6.07) is 0. The molecule has 1 fully saturated rings. The van der Waals surface area contributed by atoms with Gasteiger partial charge < -0.3 is 14.4 Å². The first-order valence-electron chi connectivity index (χ1n) is 6.12. The zero-order chi connectivity index (χ0) is 12.7. The first kappa shape index (κ1) is 14.0. The Morgan fingerprint density at radius 2 is 2.24 bits per heavy atom. The molecule has 0 radical (unpaired) electrons. The number of ether oxygens (including phenoxy) is 2. The van der Waals surface area contributed by atoms with Gasteiger partial charge >= 0.3 is 5.97 Å². The molecule has 0 spiro atoms. The van der Waals surface area contributed by atoms with Crippen LogP contribution in [0.1, 0.15) is 26.2 Å². The van der Waals surface area contributed by atoms with E-state index in [1.165, 1.54) is 7.11 Å². The molecule has 1 rings (SSSR count). The van der Waals surface area contributed by atoms with Crippen LogP contribution >= 0.6 is 0 Å². The Kier molecular flexibility index (Phi) is 5.97. The van der Waals surface area contributed by atoms with Crippen LogP contribution in [0.5, 0.6) is 0 Å². The average Bonchev–Trinajstić information content (AvgIpc) is 2.70. The summed E-state index contributed by atoms with van der Waals surface area (Å²) in [5.41, 5.74) is 0. The molecule has 1 unspecified atom stereocenters. The number of carbonyl (C=O) groups excluding carboxylic acids is 2. The Bertz CT molecular complexity index is 267. The van der Waals surface area contributed by atoms with E-state index >= 15 is 0 Å². The molecular weight excluding hydrogens is 222 g/mol. The van der Waals surface area contributed by atoms with Gasteiger partial charge in [0.15, 0.2) is 0 Å². The number of esters is 1. The molecule has 0 aromatic carbocycles. The van der Waals surface area contributed by atoms with Crippen molar-refractivity contribution in [3.8, 4) is 0 Å². The van der Waals surface area contributed by atoms with Crippen molar-refractivity contribution >= 4 is 11.9 Å². The van der Waals surface area contributed by atoms with E-state index in [0.29, 0.717) is 19.7 Å². The Balaban J connectivity index is 2.21. The molecule has 98 valence electrons. The molecule has 0 aromatic rings. The lowest BCUT2D eigenvalue weighted by Crippen LogP contribution is -2.28. The van der Waals surface area contributed by atoms with Crippen molar-refractivity contribution in [1.82, 2.24) is 4.90 Å². The van der Waals surface area contributed by atoms with Crippen LogP contribution in [0.15, 0.2) is 0 Å². The quantitative estimate of drug-likeness (QED) is 0.491. The predicted octanol–water partition coefficient (Wildman–Crippen LogP) is 0.825. The highest BCUT2D eigenvalue weighted by atomic mass is 16.5. The Labute approximate surface area is 102 Å². The minimum atomic E-state index is -0.289. The number of amides is 1. The van der Waals surface area contributed by atoms with Crippen LogP contribution in [-0.4, -0.2) is 50.2 Å². The fraction of sp³-hybridized carbons (Fsp3) is 0.833. The van der Waals surface area contributed by atoms with Gasteiger partial charge in [0, 0.05) is 32.7 Å². The summed E-state index contributed by atoms with van der Waals surface area (Å²) in [5, 5.41) is 0. The molecule has 0 aliphatic carbocycles. The predicted molar refractivity (Wildman–Crippen MR) is 62.4 cm³/mol. The van der Waals surface area contributed by atoms with Crippen LogP contribution in [0.25, 0.3) is 0 Å². The molecule has 17 heavy (non-hydrogen) atoms. The van der Waals surface area contributed by atoms with E-state index in [0.717, 1.165) is 19.4 Å². The van der Waals surface area contributed by atoms with E-state index in [2.05, 4.69) is 11.7 Å². The monoisotopic (exact) mass is 243 g/mol. The minimum absolute atomic E-state index is 0.0379. The number of carbonyl (C=O) groups is 2. The molecular formula is C12H21NO4. The van der Waals surface area contributed by atoms with E-state index in [-0.39, 0.29) is 24.2 Å². The number of rotatable bonds is 7. The Morgan fingerprint density at radius 3 is 2.88 bits per heavy atom. The fourth-order valence-electron chi connectivity index (χ4n) is 1.92. The molecule has 0 aromatic heterocycles. The van der Waals surface area contributed by atoms with Crippen LogP contribution in [0.4, 0.5) is 0 Å². The standard InChI is InChI=1S/C12H21NO4/c1-3-6-17-7-4-5-13-9-10(8-11(13)14)12(15)16-2/h10H,3-9H2,1-2H3. The highest BCUT2D eigenvalue weighted by molar-refractivity contribution is 5.86. The van der Waals surface area contributed by atoms with E-state index in [4.69, 9.17) is 4.74 Å². The molecule has 1 amide bonds. The van der Waals surface area contributed by atoms with E-state index in [9.17, 15) is 9.59 Å². The molecule has 5 heteroatoms. The van der Waals surface area contributed by atoms with E-state index in [1.807, 2.05) is 0 Å². The summed E-state index contributed by atoms with van der Waals surface area (Å²) in [5.74, 6) is -0.539. The van der Waals surface area contributed by atoms with Crippen LogP contribution < -0.4 is 0 Å². The number of hydrogen-bond acceptors (Lipinski definition) is 4. The molecule has 5 nitrogen and oxygen atoms in total. The van der Waals surface area contributed by atoms with Crippen LogP contribution in [0.2, 0.25) is 0 Å². The van der Waals surface area contributed by atoms with Crippen molar-refractivity contribution in [2.45, 2.75) is 26.2 Å². The third-order valence-electron chi connectivity index (χ3n) is 2.81. The Morgan fingerprint density at radius 1 is 1.47 bits per heavy atom. The highest BCUT2D eigenvalue weighted by Gasteiger charge is 2.34. The maximum Gasteiger partial charge on any atom is 0.310 e. The van der Waals surface area contributed by atoms with E-state index < -0.39 is 0 Å².